The summed E-state index contributed by atoms with van der Waals surface area (Å²) >= 11 is 0. The van der Waals surface area contributed by atoms with Crippen molar-refractivity contribution in [3.63, 3.8) is 0 Å². The van der Waals surface area contributed by atoms with Gasteiger partial charge in [-0.15, -0.1) is 5.06 Å². The van der Waals surface area contributed by atoms with E-state index in [1.807, 2.05) is 0 Å². The van der Waals surface area contributed by atoms with Crippen LogP contribution in [0.1, 0.15) is 51.4 Å². The minimum Gasteiger partial charge on any atom is -0.446 e. The van der Waals surface area contributed by atoms with Gasteiger partial charge >= 0.3 is 12.1 Å². The molecule has 0 aromatic rings. The Labute approximate surface area is 175 Å². The summed E-state index contributed by atoms with van der Waals surface area (Å²) < 4.78 is 16.0. The highest BCUT2D eigenvalue weighted by atomic mass is 16.7. The number of hydroxylamine groups is 2. The average Bonchev–Trinajstić information content (AvgIpc) is 3.00. The van der Waals surface area contributed by atoms with Gasteiger partial charge in [-0.25, -0.2) is 9.59 Å². The molecule has 3 amide bonds. The van der Waals surface area contributed by atoms with Crippen LogP contribution in [-0.2, 0) is 33.4 Å². The van der Waals surface area contributed by atoms with Crippen molar-refractivity contribution in [1.82, 2.24) is 10.4 Å². The van der Waals surface area contributed by atoms with Crippen molar-refractivity contribution in [2.75, 3.05) is 33.0 Å². The van der Waals surface area contributed by atoms with E-state index in [1.54, 1.807) is 0 Å². The van der Waals surface area contributed by atoms with Crippen LogP contribution in [0.3, 0.4) is 0 Å². The summed E-state index contributed by atoms with van der Waals surface area (Å²) in [5, 5.41) is 3.17. The summed E-state index contributed by atoms with van der Waals surface area (Å²) in [5.74, 6) is -1.73. The number of rotatable bonds is 11. The Morgan fingerprint density at radius 1 is 0.967 bits per heavy atom. The molecule has 168 valence electrons. The second-order valence-electron chi connectivity index (χ2n) is 6.95. The standard InChI is InChI=1S/C20H30N2O8/c23-17-8-9-18(24)22(17)30-19(25)10-12-27-14-15-28-13-11-21-20(26)29-16-6-4-2-1-3-5-7-16/h1-2,16H,3-15H2,(H,21,26)/b2-1+. The molecule has 10 nitrogen and oxygen atoms in total. The SMILES string of the molecule is O=C(CCOCCOCCNC(=O)OC1CC/C=C/CCC1)ON1C(=O)CCC1=O. The van der Waals surface area contributed by atoms with Crippen LogP contribution in [0.4, 0.5) is 4.79 Å². The van der Waals surface area contributed by atoms with Crippen molar-refractivity contribution in [3.8, 4) is 0 Å². The summed E-state index contributed by atoms with van der Waals surface area (Å²) in [4.78, 5) is 50.7. The minimum absolute atomic E-state index is 0.0438. The molecule has 1 atom stereocenters. The third kappa shape index (κ3) is 9.36. The van der Waals surface area contributed by atoms with Gasteiger partial charge in [0.05, 0.1) is 32.8 Å². The first-order valence-electron chi connectivity index (χ1n) is 10.4. The lowest BCUT2D eigenvalue weighted by Gasteiger charge is -2.18. The molecule has 1 fully saturated rings. The van der Waals surface area contributed by atoms with Crippen LogP contribution in [0.2, 0.25) is 0 Å². The number of amides is 3. The Morgan fingerprint density at radius 3 is 2.43 bits per heavy atom. The van der Waals surface area contributed by atoms with Gasteiger partial charge in [-0.3, -0.25) is 9.59 Å². The van der Waals surface area contributed by atoms with E-state index in [4.69, 9.17) is 19.0 Å². The van der Waals surface area contributed by atoms with E-state index in [9.17, 15) is 19.2 Å². The molecule has 0 saturated carbocycles. The molecule has 2 aliphatic rings. The smallest absolute Gasteiger partial charge is 0.407 e. The Balaban J connectivity index is 1.40. The largest absolute Gasteiger partial charge is 0.446 e. The number of hydrogen-bond donors (Lipinski definition) is 1. The number of carbonyl (C=O) groups excluding carboxylic acids is 4. The maximum atomic E-state index is 11.8. The van der Waals surface area contributed by atoms with Crippen LogP contribution in [0.5, 0.6) is 0 Å². The van der Waals surface area contributed by atoms with Gasteiger partial charge in [-0.1, -0.05) is 12.2 Å². The molecule has 1 aliphatic heterocycles. The Hall–Kier alpha value is -2.46. The number of nitrogens with one attached hydrogen (secondary N) is 1. The third-order valence-corrected chi connectivity index (χ3v) is 4.53. The van der Waals surface area contributed by atoms with E-state index in [2.05, 4.69) is 17.5 Å². The van der Waals surface area contributed by atoms with Crippen molar-refractivity contribution >= 4 is 23.9 Å². The molecular formula is C20H30N2O8. The molecular weight excluding hydrogens is 396 g/mol. The lowest BCUT2D eigenvalue weighted by molar-refractivity contribution is -0.198. The highest BCUT2D eigenvalue weighted by molar-refractivity contribution is 6.01. The number of nitrogens with zero attached hydrogens (tertiary/aromatic N) is 1. The van der Waals surface area contributed by atoms with E-state index in [0.29, 0.717) is 24.8 Å². The van der Waals surface area contributed by atoms with Crippen molar-refractivity contribution in [1.29, 1.82) is 0 Å². The van der Waals surface area contributed by atoms with Gasteiger partial charge in [0.25, 0.3) is 11.8 Å². The first-order valence-corrected chi connectivity index (χ1v) is 10.4. The van der Waals surface area contributed by atoms with Gasteiger partial charge < -0.3 is 24.4 Å². The molecule has 0 spiro atoms. The van der Waals surface area contributed by atoms with E-state index < -0.39 is 23.9 Å². The molecule has 2 rings (SSSR count). The summed E-state index contributed by atoms with van der Waals surface area (Å²) in [6, 6.07) is 0. The monoisotopic (exact) mass is 426 g/mol. The molecule has 0 aromatic heterocycles. The fourth-order valence-corrected chi connectivity index (χ4v) is 2.94. The molecule has 0 radical (unpaired) electrons. The summed E-state index contributed by atoms with van der Waals surface area (Å²) in [6.07, 6.45) is 8.55. The van der Waals surface area contributed by atoms with E-state index in [0.717, 1.165) is 32.1 Å². The molecule has 1 saturated heterocycles. The molecule has 1 heterocycles. The molecule has 30 heavy (non-hydrogen) atoms. The predicted molar refractivity (Wildman–Crippen MR) is 104 cm³/mol. The Morgan fingerprint density at radius 2 is 1.67 bits per heavy atom. The quantitative estimate of drug-likeness (QED) is 0.301. The number of imide groups is 1. The molecule has 0 aromatic carbocycles. The number of carbonyl (C=O) groups is 4. The van der Waals surface area contributed by atoms with E-state index in [1.165, 1.54) is 0 Å². The summed E-state index contributed by atoms with van der Waals surface area (Å²) in [5.41, 5.74) is 0. The minimum atomic E-state index is -0.706. The summed E-state index contributed by atoms with van der Waals surface area (Å²) in [6.45, 7) is 1.28. The van der Waals surface area contributed by atoms with Crippen molar-refractivity contribution < 1.29 is 38.2 Å². The van der Waals surface area contributed by atoms with Crippen LogP contribution >= 0.6 is 0 Å². The summed E-state index contributed by atoms with van der Waals surface area (Å²) in [7, 11) is 0. The first-order chi connectivity index (χ1) is 14.6. The van der Waals surface area contributed by atoms with Gasteiger partial charge in [0.2, 0.25) is 0 Å². The second-order valence-corrected chi connectivity index (χ2v) is 6.95. The lowest BCUT2D eigenvalue weighted by Crippen LogP contribution is -2.32. The fourth-order valence-electron chi connectivity index (χ4n) is 2.94. The van der Waals surface area contributed by atoms with Crippen molar-refractivity contribution in [2.45, 2.75) is 57.5 Å². The lowest BCUT2D eigenvalue weighted by atomic mass is 10.0. The van der Waals surface area contributed by atoms with Crippen molar-refractivity contribution in [3.05, 3.63) is 12.2 Å². The van der Waals surface area contributed by atoms with Gasteiger partial charge in [-0.2, -0.15) is 0 Å². The molecule has 0 bridgehead atoms. The topological polar surface area (TPSA) is 120 Å². The third-order valence-electron chi connectivity index (χ3n) is 4.53. The number of hydrogen-bond acceptors (Lipinski definition) is 8. The van der Waals surface area contributed by atoms with E-state index in [-0.39, 0.29) is 38.6 Å². The zero-order chi connectivity index (χ0) is 21.6. The number of ether oxygens (including phenoxy) is 3. The predicted octanol–water partition coefficient (Wildman–Crippen LogP) is 1.63. The van der Waals surface area contributed by atoms with Crippen LogP contribution in [-0.4, -0.2) is 68.0 Å². The van der Waals surface area contributed by atoms with Gasteiger partial charge in [0.15, 0.2) is 0 Å². The highest BCUT2D eigenvalue weighted by Crippen LogP contribution is 2.15. The molecule has 1 aliphatic carbocycles. The first kappa shape index (κ1) is 23.8. The van der Waals surface area contributed by atoms with Crippen LogP contribution in [0, 0.1) is 0 Å². The molecule has 1 N–H and O–H groups in total. The Kier molecular flexibility index (Phi) is 10.9. The maximum absolute atomic E-state index is 11.8. The van der Waals surface area contributed by atoms with Crippen molar-refractivity contribution in [2.24, 2.45) is 0 Å². The second kappa shape index (κ2) is 13.7. The van der Waals surface area contributed by atoms with E-state index >= 15 is 0 Å². The molecule has 10 heteroatoms. The van der Waals surface area contributed by atoms with Gasteiger partial charge in [0, 0.05) is 19.4 Å². The maximum Gasteiger partial charge on any atom is 0.407 e. The normalized spacial score (nSPS) is 20.4. The van der Waals surface area contributed by atoms with Crippen LogP contribution in [0.25, 0.3) is 0 Å². The fraction of sp³-hybridized carbons (Fsp3) is 0.700. The zero-order valence-corrected chi connectivity index (χ0v) is 17.1. The van der Waals surface area contributed by atoms with Gasteiger partial charge in [0.1, 0.15) is 6.10 Å². The molecule has 1 unspecified atom stereocenters. The van der Waals surface area contributed by atoms with Crippen LogP contribution < -0.4 is 5.32 Å². The Bertz CT molecular complexity index is 606. The average molecular weight is 426 g/mol. The number of alkyl carbamates (subject to hydrolysis) is 1. The van der Waals surface area contributed by atoms with Crippen LogP contribution in [0.15, 0.2) is 12.2 Å². The highest BCUT2D eigenvalue weighted by Gasteiger charge is 2.32. The zero-order valence-electron chi connectivity index (χ0n) is 17.1. The number of allylic oxidation sites excluding steroid dienone is 2. The van der Waals surface area contributed by atoms with Gasteiger partial charge in [-0.05, 0) is 32.1 Å².